The zero-order valence-electron chi connectivity index (χ0n) is 11.1. The smallest absolute Gasteiger partial charge is 0.307 e. The van der Waals surface area contributed by atoms with Crippen LogP contribution < -0.4 is 5.73 Å². The van der Waals surface area contributed by atoms with Crippen LogP contribution >= 0.6 is 0 Å². The van der Waals surface area contributed by atoms with E-state index in [-0.39, 0.29) is 5.91 Å². The van der Waals surface area contributed by atoms with Crippen LogP contribution in [-0.2, 0) is 16.1 Å². The number of nitrogens with zero attached hydrogens (tertiary/aromatic N) is 1. The number of carbonyl (C=O) groups excluding carboxylic acids is 2. The van der Waals surface area contributed by atoms with Gasteiger partial charge in [-0.25, -0.2) is 0 Å². The molecule has 3 N–H and O–H groups in total. The Morgan fingerprint density at radius 1 is 1.25 bits per heavy atom. The van der Waals surface area contributed by atoms with Crippen molar-refractivity contribution in [2.75, 3.05) is 7.05 Å². The first-order valence-electron chi connectivity index (χ1n) is 6.26. The fraction of sp³-hybridized carbons (Fsp3) is 0.357. The fourth-order valence-electron chi connectivity index (χ4n) is 2.15. The molecule has 0 unspecified atom stereocenters. The van der Waals surface area contributed by atoms with E-state index in [0.29, 0.717) is 18.5 Å². The summed E-state index contributed by atoms with van der Waals surface area (Å²) in [7, 11) is 1.64. The predicted molar refractivity (Wildman–Crippen MR) is 70.7 cm³/mol. The highest BCUT2D eigenvalue weighted by atomic mass is 16.4. The summed E-state index contributed by atoms with van der Waals surface area (Å²) >= 11 is 0. The lowest BCUT2D eigenvalue weighted by Gasteiger charge is -2.17. The maximum absolute atomic E-state index is 12.0. The van der Waals surface area contributed by atoms with E-state index in [9.17, 15) is 14.4 Å². The Labute approximate surface area is 116 Å². The van der Waals surface area contributed by atoms with E-state index in [1.54, 1.807) is 31.3 Å². The molecule has 0 heterocycles. The molecule has 0 aliphatic heterocycles. The first-order chi connectivity index (χ1) is 9.40. The van der Waals surface area contributed by atoms with Gasteiger partial charge in [-0.1, -0.05) is 12.1 Å². The van der Waals surface area contributed by atoms with Gasteiger partial charge in [0, 0.05) is 19.2 Å². The predicted octanol–water partition coefficient (Wildman–Crippen LogP) is 0.465. The molecule has 0 spiro atoms. The van der Waals surface area contributed by atoms with Crippen molar-refractivity contribution in [2.45, 2.75) is 13.0 Å². The van der Waals surface area contributed by atoms with E-state index in [4.69, 9.17) is 10.8 Å². The summed E-state index contributed by atoms with van der Waals surface area (Å²) < 4.78 is 0. The largest absolute Gasteiger partial charge is 0.481 e. The zero-order valence-corrected chi connectivity index (χ0v) is 11.1. The number of carboxylic acids is 1. The quantitative estimate of drug-likeness (QED) is 0.816. The van der Waals surface area contributed by atoms with Gasteiger partial charge in [-0.05, 0) is 24.1 Å². The third kappa shape index (κ3) is 2.96. The highest BCUT2D eigenvalue weighted by molar-refractivity contribution is 5.92. The van der Waals surface area contributed by atoms with Gasteiger partial charge in [0.1, 0.15) is 0 Å². The van der Waals surface area contributed by atoms with E-state index in [2.05, 4.69) is 0 Å². The molecule has 0 bridgehead atoms. The molecule has 0 saturated heterocycles. The molecule has 1 aromatic rings. The first kappa shape index (κ1) is 14.0. The summed E-state index contributed by atoms with van der Waals surface area (Å²) in [5.41, 5.74) is 6.42. The maximum Gasteiger partial charge on any atom is 0.307 e. The zero-order chi connectivity index (χ0) is 14.9. The Morgan fingerprint density at radius 3 is 2.30 bits per heavy atom. The molecule has 1 aromatic carbocycles. The minimum Gasteiger partial charge on any atom is -0.481 e. The van der Waals surface area contributed by atoms with E-state index < -0.39 is 23.7 Å². The van der Waals surface area contributed by atoms with Crippen LogP contribution in [-0.4, -0.2) is 34.8 Å². The van der Waals surface area contributed by atoms with Gasteiger partial charge in [-0.2, -0.15) is 0 Å². The molecule has 20 heavy (non-hydrogen) atoms. The van der Waals surface area contributed by atoms with Crippen molar-refractivity contribution >= 4 is 17.8 Å². The second kappa shape index (κ2) is 5.32. The van der Waals surface area contributed by atoms with Gasteiger partial charge >= 0.3 is 5.97 Å². The van der Waals surface area contributed by atoms with Crippen LogP contribution in [0.15, 0.2) is 24.3 Å². The van der Waals surface area contributed by atoms with Crippen molar-refractivity contribution < 1.29 is 19.5 Å². The van der Waals surface area contributed by atoms with Crippen molar-refractivity contribution in [1.29, 1.82) is 0 Å². The molecule has 1 fully saturated rings. The molecule has 0 aromatic heterocycles. The van der Waals surface area contributed by atoms with Gasteiger partial charge in [-0.3, -0.25) is 14.4 Å². The molecule has 1 aliphatic rings. The average Bonchev–Trinajstić information content (AvgIpc) is 3.18. The number of aliphatic carboxylic acids is 1. The van der Waals surface area contributed by atoms with Crippen molar-refractivity contribution in [2.24, 2.45) is 17.6 Å². The number of nitrogens with two attached hydrogens (primary N) is 1. The maximum atomic E-state index is 12.0. The van der Waals surface area contributed by atoms with Crippen LogP contribution in [0.4, 0.5) is 0 Å². The second-order valence-corrected chi connectivity index (χ2v) is 5.04. The minimum atomic E-state index is -0.914. The number of hydrogen-bond donors (Lipinski definition) is 2. The van der Waals surface area contributed by atoms with Crippen molar-refractivity contribution in [3.05, 3.63) is 35.4 Å². The van der Waals surface area contributed by atoms with Crippen molar-refractivity contribution in [3.63, 3.8) is 0 Å². The van der Waals surface area contributed by atoms with Crippen LogP contribution in [0.5, 0.6) is 0 Å². The lowest BCUT2D eigenvalue weighted by atomic mass is 10.1. The Bertz CT molecular complexity index is 553. The fourth-order valence-corrected chi connectivity index (χ4v) is 2.15. The monoisotopic (exact) mass is 276 g/mol. The molecule has 0 radical (unpaired) electrons. The van der Waals surface area contributed by atoms with Gasteiger partial charge in [0.2, 0.25) is 11.8 Å². The molecule has 2 atom stereocenters. The summed E-state index contributed by atoms with van der Waals surface area (Å²) in [6, 6.07) is 6.66. The number of benzene rings is 1. The summed E-state index contributed by atoms with van der Waals surface area (Å²) in [5.74, 6) is -2.51. The number of carboxylic acid groups (broad SMARTS) is 1. The van der Waals surface area contributed by atoms with Gasteiger partial charge in [0.05, 0.1) is 11.8 Å². The first-order valence-corrected chi connectivity index (χ1v) is 6.26. The lowest BCUT2D eigenvalue weighted by molar-refractivity contribution is -0.141. The summed E-state index contributed by atoms with van der Waals surface area (Å²) in [6.07, 6.45) is 0.416. The number of carbonyl (C=O) groups is 3. The number of rotatable bonds is 5. The van der Waals surface area contributed by atoms with Gasteiger partial charge in [0.25, 0.3) is 0 Å². The van der Waals surface area contributed by atoms with Gasteiger partial charge in [0.15, 0.2) is 0 Å². The Hall–Kier alpha value is -2.37. The third-order valence-corrected chi connectivity index (χ3v) is 3.46. The van der Waals surface area contributed by atoms with Gasteiger partial charge in [-0.15, -0.1) is 0 Å². The molecule has 106 valence electrons. The highest BCUT2D eigenvalue weighted by Gasteiger charge is 2.49. The molecular weight excluding hydrogens is 260 g/mol. The Balaban J connectivity index is 1.94. The van der Waals surface area contributed by atoms with Crippen LogP contribution in [0.1, 0.15) is 22.3 Å². The molecule has 2 rings (SSSR count). The molecule has 6 nitrogen and oxygen atoms in total. The van der Waals surface area contributed by atoms with E-state index in [0.717, 1.165) is 5.56 Å². The Kier molecular flexibility index (Phi) is 3.74. The number of hydrogen-bond acceptors (Lipinski definition) is 3. The van der Waals surface area contributed by atoms with Crippen LogP contribution in [0.25, 0.3) is 0 Å². The average molecular weight is 276 g/mol. The van der Waals surface area contributed by atoms with Crippen LogP contribution in [0.3, 0.4) is 0 Å². The SMILES string of the molecule is CN(Cc1ccc(C(N)=O)cc1)C(=O)[C@@H]1C[C@@H]1C(=O)O. The molecule has 1 aliphatic carbocycles. The topological polar surface area (TPSA) is 101 Å². The Morgan fingerprint density at radius 2 is 1.85 bits per heavy atom. The molecule has 2 amide bonds. The summed E-state index contributed by atoms with van der Waals surface area (Å²) in [5, 5.41) is 8.81. The van der Waals surface area contributed by atoms with Crippen LogP contribution in [0, 0.1) is 11.8 Å². The summed E-state index contributed by atoms with van der Waals surface area (Å²) in [6.45, 7) is 0.376. The van der Waals surface area contributed by atoms with E-state index in [1.165, 1.54) is 4.90 Å². The normalized spacial score (nSPS) is 20.2. The van der Waals surface area contributed by atoms with Crippen LogP contribution in [0.2, 0.25) is 0 Å². The lowest BCUT2D eigenvalue weighted by Crippen LogP contribution is -2.28. The standard InChI is InChI=1S/C14H16N2O4/c1-16(13(18)10-6-11(10)14(19)20)7-8-2-4-9(5-3-8)12(15)17/h2-5,10-11H,6-7H2,1H3,(H2,15,17)(H,19,20)/t10-,11+/m1/s1. The minimum absolute atomic E-state index is 0.156. The van der Waals surface area contributed by atoms with E-state index >= 15 is 0 Å². The van der Waals surface area contributed by atoms with Crippen molar-refractivity contribution in [3.8, 4) is 0 Å². The van der Waals surface area contributed by atoms with E-state index in [1.807, 2.05) is 0 Å². The third-order valence-electron chi connectivity index (χ3n) is 3.46. The molecular formula is C14H16N2O4. The van der Waals surface area contributed by atoms with Gasteiger partial charge < -0.3 is 15.7 Å². The highest BCUT2D eigenvalue weighted by Crippen LogP contribution is 2.40. The van der Waals surface area contributed by atoms with Crippen molar-refractivity contribution in [1.82, 2.24) is 4.90 Å². The molecule has 6 heteroatoms. The number of amides is 2. The summed E-state index contributed by atoms with van der Waals surface area (Å²) in [4.78, 5) is 35.2. The molecule has 1 saturated carbocycles. The number of primary amides is 1. The second-order valence-electron chi connectivity index (χ2n) is 5.04.